The Bertz CT molecular complexity index is 491. The van der Waals surface area contributed by atoms with E-state index in [9.17, 15) is 4.79 Å². The fraction of sp³-hybridized carbons (Fsp3) is 0.100. The summed E-state index contributed by atoms with van der Waals surface area (Å²) in [7, 11) is 0. The summed E-state index contributed by atoms with van der Waals surface area (Å²) in [6, 6.07) is 3.42. The van der Waals surface area contributed by atoms with Crippen molar-refractivity contribution in [2.75, 3.05) is 5.73 Å². The average Bonchev–Trinajstić information content (AvgIpc) is 2.69. The summed E-state index contributed by atoms with van der Waals surface area (Å²) in [5, 5.41) is 0. The van der Waals surface area contributed by atoms with Crippen LogP contribution in [0.2, 0.25) is 0 Å². The molecule has 0 amide bonds. The van der Waals surface area contributed by atoms with Gasteiger partial charge in [-0.25, -0.2) is 9.97 Å². The Hall–Kier alpha value is -2.17. The van der Waals surface area contributed by atoms with Gasteiger partial charge in [-0.05, 0) is 12.1 Å². The zero-order chi connectivity index (χ0) is 10.8. The summed E-state index contributed by atoms with van der Waals surface area (Å²) in [5.41, 5.74) is 6.15. The zero-order valence-corrected chi connectivity index (χ0v) is 8.10. The first-order valence-corrected chi connectivity index (χ1v) is 4.36. The molecule has 2 aromatic heterocycles. The molecule has 0 radical (unpaired) electrons. The van der Waals surface area contributed by atoms with Crippen LogP contribution < -0.4 is 5.73 Å². The van der Waals surface area contributed by atoms with Crippen LogP contribution in [0.5, 0.6) is 0 Å². The Morgan fingerprint density at radius 1 is 1.53 bits per heavy atom. The molecule has 0 bridgehead atoms. The van der Waals surface area contributed by atoms with Gasteiger partial charge in [-0.3, -0.25) is 4.79 Å². The molecular weight excluding hydrogens is 194 g/mol. The number of hydrogen-bond donors (Lipinski definition) is 1. The molecule has 15 heavy (non-hydrogen) atoms. The van der Waals surface area contributed by atoms with E-state index >= 15 is 0 Å². The molecular formula is C10H9N3O2. The molecule has 2 N–H and O–H groups in total. The van der Waals surface area contributed by atoms with Crippen molar-refractivity contribution in [3.8, 4) is 11.5 Å². The van der Waals surface area contributed by atoms with Crippen LogP contribution in [-0.4, -0.2) is 15.8 Å². The normalized spacial score (nSPS) is 10.2. The van der Waals surface area contributed by atoms with E-state index in [1.165, 1.54) is 19.4 Å². The van der Waals surface area contributed by atoms with Crippen LogP contribution in [0.3, 0.4) is 0 Å². The number of nitrogen functional groups attached to an aromatic ring is 1. The van der Waals surface area contributed by atoms with Crippen molar-refractivity contribution in [3.63, 3.8) is 0 Å². The van der Waals surface area contributed by atoms with Gasteiger partial charge in [0.2, 0.25) is 0 Å². The summed E-state index contributed by atoms with van der Waals surface area (Å²) in [4.78, 5) is 19.3. The highest BCUT2D eigenvalue weighted by Gasteiger charge is 2.14. The lowest BCUT2D eigenvalue weighted by molar-refractivity contribution is 0.101. The first-order valence-electron chi connectivity index (χ1n) is 4.36. The summed E-state index contributed by atoms with van der Waals surface area (Å²) < 4.78 is 5.16. The monoisotopic (exact) mass is 203 g/mol. The summed E-state index contributed by atoms with van der Waals surface area (Å²) in [6.45, 7) is 1.42. The van der Waals surface area contributed by atoms with Gasteiger partial charge in [-0.15, -0.1) is 0 Å². The van der Waals surface area contributed by atoms with Gasteiger partial charge in [-0.2, -0.15) is 0 Å². The lowest BCUT2D eigenvalue weighted by Crippen LogP contribution is -2.04. The Labute approximate surface area is 86.0 Å². The van der Waals surface area contributed by atoms with Gasteiger partial charge >= 0.3 is 0 Å². The number of rotatable bonds is 2. The lowest BCUT2D eigenvalue weighted by atomic mass is 10.2. The van der Waals surface area contributed by atoms with Crippen LogP contribution in [-0.2, 0) is 0 Å². The van der Waals surface area contributed by atoms with E-state index in [2.05, 4.69) is 9.97 Å². The summed E-state index contributed by atoms with van der Waals surface area (Å²) in [6.07, 6.45) is 2.85. The maximum absolute atomic E-state index is 11.3. The first-order chi connectivity index (χ1) is 7.18. The number of carbonyl (C=O) groups excluding carboxylic acids is 1. The molecule has 0 aliphatic heterocycles. The maximum atomic E-state index is 11.3. The van der Waals surface area contributed by atoms with Crippen LogP contribution >= 0.6 is 0 Å². The minimum Gasteiger partial charge on any atom is -0.463 e. The van der Waals surface area contributed by atoms with Crippen molar-refractivity contribution in [2.45, 2.75) is 6.92 Å². The van der Waals surface area contributed by atoms with Gasteiger partial charge in [0.25, 0.3) is 0 Å². The average molecular weight is 203 g/mol. The Morgan fingerprint density at radius 3 is 2.93 bits per heavy atom. The van der Waals surface area contributed by atoms with Gasteiger partial charge < -0.3 is 10.2 Å². The number of anilines is 1. The van der Waals surface area contributed by atoms with Gasteiger partial charge in [0.05, 0.1) is 12.5 Å². The number of aromatic nitrogens is 2. The van der Waals surface area contributed by atoms with E-state index < -0.39 is 0 Å². The predicted molar refractivity (Wildman–Crippen MR) is 54.2 cm³/mol. The minimum atomic E-state index is -0.172. The fourth-order valence-corrected chi connectivity index (χ4v) is 1.25. The second-order valence-corrected chi connectivity index (χ2v) is 3.03. The SMILES string of the molecule is CC(=O)c1ncc(N)nc1-c1ccco1. The van der Waals surface area contributed by atoms with Gasteiger partial charge in [0.15, 0.2) is 11.5 Å². The fourth-order valence-electron chi connectivity index (χ4n) is 1.25. The number of nitrogens with zero attached hydrogens (tertiary/aromatic N) is 2. The van der Waals surface area contributed by atoms with E-state index in [1.807, 2.05) is 0 Å². The van der Waals surface area contributed by atoms with E-state index in [0.29, 0.717) is 11.5 Å². The molecule has 2 heterocycles. The largest absolute Gasteiger partial charge is 0.463 e. The molecule has 0 atom stereocenters. The van der Waals surface area contributed by atoms with Crippen LogP contribution in [0.15, 0.2) is 29.0 Å². The van der Waals surface area contributed by atoms with E-state index in [1.54, 1.807) is 12.1 Å². The second-order valence-electron chi connectivity index (χ2n) is 3.03. The number of Topliss-reactive ketones (excluding diaryl/α,β-unsaturated/α-hetero) is 1. The van der Waals surface area contributed by atoms with Gasteiger partial charge in [0, 0.05) is 6.92 Å². The van der Waals surface area contributed by atoms with E-state index in [4.69, 9.17) is 10.2 Å². The van der Waals surface area contributed by atoms with Crippen LogP contribution in [0.1, 0.15) is 17.4 Å². The number of carbonyl (C=O) groups is 1. The van der Waals surface area contributed by atoms with Crippen molar-refractivity contribution in [3.05, 3.63) is 30.3 Å². The highest BCUT2D eigenvalue weighted by molar-refractivity contribution is 5.97. The van der Waals surface area contributed by atoms with Crippen LogP contribution in [0, 0.1) is 0 Å². The third kappa shape index (κ3) is 1.71. The third-order valence-electron chi connectivity index (χ3n) is 1.88. The van der Waals surface area contributed by atoms with Crippen molar-refractivity contribution in [2.24, 2.45) is 0 Å². The molecule has 0 spiro atoms. The molecule has 0 fully saturated rings. The van der Waals surface area contributed by atoms with Crippen LogP contribution in [0.25, 0.3) is 11.5 Å². The zero-order valence-electron chi connectivity index (χ0n) is 8.10. The lowest BCUT2D eigenvalue weighted by Gasteiger charge is -2.02. The topological polar surface area (TPSA) is 82.0 Å². The van der Waals surface area contributed by atoms with Gasteiger partial charge in [-0.1, -0.05) is 0 Å². The smallest absolute Gasteiger partial charge is 0.180 e. The molecule has 0 aromatic carbocycles. The van der Waals surface area contributed by atoms with E-state index in [-0.39, 0.29) is 17.3 Å². The predicted octanol–water partition coefficient (Wildman–Crippen LogP) is 1.52. The molecule has 2 rings (SSSR count). The molecule has 0 unspecified atom stereocenters. The first kappa shape index (κ1) is 9.39. The van der Waals surface area contributed by atoms with Crippen LogP contribution in [0.4, 0.5) is 5.82 Å². The highest BCUT2D eigenvalue weighted by atomic mass is 16.3. The summed E-state index contributed by atoms with van der Waals surface area (Å²) >= 11 is 0. The molecule has 0 saturated heterocycles. The summed E-state index contributed by atoms with van der Waals surface area (Å²) in [5.74, 6) is 0.570. The Morgan fingerprint density at radius 2 is 2.33 bits per heavy atom. The van der Waals surface area contributed by atoms with Crippen molar-refractivity contribution < 1.29 is 9.21 Å². The van der Waals surface area contributed by atoms with Gasteiger partial charge in [0.1, 0.15) is 17.2 Å². The van der Waals surface area contributed by atoms with Crippen molar-refractivity contribution in [1.82, 2.24) is 9.97 Å². The van der Waals surface area contributed by atoms with Crippen molar-refractivity contribution >= 4 is 11.6 Å². The molecule has 2 aromatic rings. The third-order valence-corrected chi connectivity index (χ3v) is 1.88. The molecule has 0 aliphatic carbocycles. The molecule has 0 saturated carbocycles. The van der Waals surface area contributed by atoms with Crippen molar-refractivity contribution in [1.29, 1.82) is 0 Å². The standard InChI is InChI=1S/C10H9N3O2/c1-6(14)9-10(7-3-2-4-15-7)13-8(11)5-12-9/h2-5H,1H3,(H2,11,13). The number of ketones is 1. The molecule has 5 heteroatoms. The minimum absolute atomic E-state index is 0.172. The molecule has 5 nitrogen and oxygen atoms in total. The molecule has 76 valence electrons. The Kier molecular flexibility index (Phi) is 2.21. The number of hydrogen-bond acceptors (Lipinski definition) is 5. The number of furan rings is 1. The molecule has 0 aliphatic rings. The maximum Gasteiger partial charge on any atom is 0.180 e. The second kappa shape index (κ2) is 3.53. The van der Waals surface area contributed by atoms with E-state index in [0.717, 1.165) is 0 Å². The number of nitrogens with two attached hydrogens (primary N) is 1. The quantitative estimate of drug-likeness (QED) is 0.748. The Balaban J connectivity index is 2.63. The highest BCUT2D eigenvalue weighted by Crippen LogP contribution is 2.21.